The van der Waals surface area contributed by atoms with Crippen LogP contribution in [0.2, 0.25) is 0 Å². The van der Waals surface area contributed by atoms with E-state index >= 15 is 0 Å². The van der Waals surface area contributed by atoms with Gasteiger partial charge in [0.25, 0.3) is 0 Å². The van der Waals surface area contributed by atoms with Crippen LogP contribution in [0.5, 0.6) is 0 Å². The van der Waals surface area contributed by atoms with Gasteiger partial charge < -0.3 is 14.2 Å². The molecule has 0 saturated carbocycles. The number of rotatable bonds is 44. The van der Waals surface area contributed by atoms with Gasteiger partial charge in [-0.1, -0.05) is 201 Å². The molecule has 0 bridgehead atoms. The minimum Gasteiger partial charge on any atom is -0.462 e. The first kappa shape index (κ1) is 59.1. The highest BCUT2D eigenvalue weighted by atomic mass is 16.6. The molecule has 6 nitrogen and oxygen atoms in total. The normalized spacial score (nSPS) is 13.0. The number of carbonyl (C=O) groups excluding carboxylic acids is 3. The molecular weight excluding hydrogens is 781 g/mol. The van der Waals surface area contributed by atoms with Crippen LogP contribution in [-0.2, 0) is 28.6 Å². The Morgan fingerprint density at radius 3 is 0.968 bits per heavy atom. The van der Waals surface area contributed by atoms with Crippen LogP contribution < -0.4 is 0 Å². The highest BCUT2D eigenvalue weighted by molar-refractivity contribution is 5.71. The molecule has 0 spiro atoms. The molecule has 0 heterocycles. The van der Waals surface area contributed by atoms with Crippen molar-refractivity contribution < 1.29 is 28.6 Å². The number of esters is 3. The van der Waals surface area contributed by atoms with Gasteiger partial charge in [0.15, 0.2) is 6.10 Å². The molecule has 0 amide bonds. The SMILES string of the molecule is CC/C=C\C/C=C\C/C=C\C/C=C\C/C=C\C/C=C\CCCCCCC(=O)OCC(COC(=O)CCCCCCCCC)OC(=O)CCCCCCC/C=C\C/C=C\C/C=C\CC. The Kier molecular flexibility index (Phi) is 47.5. The van der Waals surface area contributed by atoms with Gasteiger partial charge >= 0.3 is 17.9 Å². The third-order valence-electron chi connectivity index (χ3n) is 10.3. The van der Waals surface area contributed by atoms with Crippen molar-refractivity contribution in [2.75, 3.05) is 13.2 Å². The molecule has 0 aromatic rings. The van der Waals surface area contributed by atoms with Gasteiger partial charge in [0.2, 0.25) is 0 Å². The number of carbonyl (C=O) groups is 3. The summed E-state index contributed by atoms with van der Waals surface area (Å²) in [6.45, 7) is 6.31. The Labute approximate surface area is 387 Å². The largest absolute Gasteiger partial charge is 0.462 e. The smallest absolute Gasteiger partial charge is 0.306 e. The van der Waals surface area contributed by atoms with Gasteiger partial charge in [-0.3, -0.25) is 14.4 Å². The van der Waals surface area contributed by atoms with Crippen molar-refractivity contribution in [2.45, 2.75) is 219 Å². The van der Waals surface area contributed by atoms with E-state index in [2.05, 4.69) is 130 Å². The van der Waals surface area contributed by atoms with E-state index in [1.54, 1.807) is 0 Å². The summed E-state index contributed by atoms with van der Waals surface area (Å²) in [6.07, 6.45) is 68.0. The van der Waals surface area contributed by atoms with Crippen LogP contribution in [0.25, 0.3) is 0 Å². The number of ether oxygens (including phenoxy) is 3. The second-order valence-electron chi connectivity index (χ2n) is 16.3. The lowest BCUT2D eigenvalue weighted by Gasteiger charge is -2.18. The molecule has 356 valence electrons. The summed E-state index contributed by atoms with van der Waals surface area (Å²) in [5.41, 5.74) is 0. The zero-order valence-corrected chi connectivity index (χ0v) is 40.5. The summed E-state index contributed by atoms with van der Waals surface area (Å²) in [4.78, 5) is 37.8. The minimum absolute atomic E-state index is 0.0951. The lowest BCUT2D eigenvalue weighted by Crippen LogP contribution is -2.30. The second-order valence-corrected chi connectivity index (χ2v) is 16.3. The van der Waals surface area contributed by atoms with Gasteiger partial charge in [-0.05, 0) is 103 Å². The fraction of sp³-hybridized carbons (Fsp3) is 0.632. The fourth-order valence-corrected chi connectivity index (χ4v) is 6.52. The lowest BCUT2D eigenvalue weighted by molar-refractivity contribution is -0.167. The van der Waals surface area contributed by atoms with Crippen molar-refractivity contribution in [2.24, 2.45) is 0 Å². The van der Waals surface area contributed by atoms with Crippen LogP contribution in [0.3, 0.4) is 0 Å². The van der Waals surface area contributed by atoms with Gasteiger partial charge in [0.1, 0.15) is 13.2 Å². The summed E-state index contributed by atoms with van der Waals surface area (Å²) in [6, 6.07) is 0. The molecule has 1 atom stereocenters. The number of hydrogen-bond donors (Lipinski definition) is 0. The summed E-state index contributed by atoms with van der Waals surface area (Å²) in [5.74, 6) is -0.952. The van der Waals surface area contributed by atoms with E-state index in [1.165, 1.54) is 25.7 Å². The maximum absolute atomic E-state index is 12.7. The average Bonchev–Trinajstić information content (AvgIpc) is 3.28. The molecule has 0 aromatic heterocycles. The van der Waals surface area contributed by atoms with E-state index in [0.717, 1.165) is 148 Å². The van der Waals surface area contributed by atoms with Crippen molar-refractivity contribution in [1.82, 2.24) is 0 Å². The predicted molar refractivity (Wildman–Crippen MR) is 270 cm³/mol. The highest BCUT2D eigenvalue weighted by Gasteiger charge is 2.19. The van der Waals surface area contributed by atoms with E-state index in [-0.39, 0.29) is 31.1 Å². The molecule has 0 fully saturated rings. The van der Waals surface area contributed by atoms with Gasteiger partial charge in [0.05, 0.1) is 0 Å². The first-order valence-corrected chi connectivity index (χ1v) is 25.4. The molecular formula is C57H92O6. The van der Waals surface area contributed by atoms with Crippen molar-refractivity contribution in [3.63, 3.8) is 0 Å². The van der Waals surface area contributed by atoms with Crippen molar-refractivity contribution >= 4 is 17.9 Å². The molecule has 0 rings (SSSR count). The summed E-state index contributed by atoms with van der Waals surface area (Å²) in [5, 5.41) is 0. The number of unbranched alkanes of at least 4 members (excludes halogenated alkanes) is 15. The Hall–Kier alpha value is -3.93. The minimum atomic E-state index is -0.796. The highest BCUT2D eigenvalue weighted by Crippen LogP contribution is 2.13. The van der Waals surface area contributed by atoms with Gasteiger partial charge in [-0.15, -0.1) is 0 Å². The average molecular weight is 873 g/mol. The van der Waals surface area contributed by atoms with E-state index < -0.39 is 6.10 Å². The van der Waals surface area contributed by atoms with Crippen LogP contribution in [0.4, 0.5) is 0 Å². The van der Waals surface area contributed by atoms with E-state index in [4.69, 9.17) is 14.2 Å². The molecule has 0 saturated heterocycles. The zero-order chi connectivity index (χ0) is 45.8. The molecule has 0 aliphatic carbocycles. The lowest BCUT2D eigenvalue weighted by atomic mass is 10.1. The molecule has 0 aliphatic heterocycles. The molecule has 0 N–H and O–H groups in total. The molecule has 63 heavy (non-hydrogen) atoms. The van der Waals surface area contributed by atoms with Crippen LogP contribution in [0.1, 0.15) is 213 Å². The Morgan fingerprint density at radius 1 is 0.333 bits per heavy atom. The molecule has 0 aromatic carbocycles. The standard InChI is InChI=1S/C57H92O6/c1-4-7-10-13-16-18-20-22-24-25-26-27-28-29-30-31-33-34-36-38-41-44-47-50-56(59)62-53-54(52-61-55(58)49-46-43-40-15-12-9-6-3)63-57(60)51-48-45-42-39-37-35-32-23-21-19-17-14-11-8-5-2/h7-8,10-11,16-19,22-24,26-27,29-30,32-34,54H,4-6,9,12-15,20-21,25,28,31,35-53H2,1-3H3/b10-7-,11-8-,18-16-,19-17-,24-22-,27-26-,30-29-,32-23-,34-33-. The van der Waals surface area contributed by atoms with E-state index in [1.807, 2.05) is 0 Å². The molecule has 1 unspecified atom stereocenters. The molecule has 0 radical (unpaired) electrons. The third-order valence-corrected chi connectivity index (χ3v) is 10.3. The first-order valence-electron chi connectivity index (χ1n) is 25.4. The summed E-state index contributed by atoms with van der Waals surface area (Å²) >= 11 is 0. The Balaban J connectivity index is 4.34. The zero-order valence-electron chi connectivity index (χ0n) is 40.5. The van der Waals surface area contributed by atoms with Crippen molar-refractivity contribution in [3.8, 4) is 0 Å². The van der Waals surface area contributed by atoms with Crippen LogP contribution in [0, 0.1) is 0 Å². The van der Waals surface area contributed by atoms with Gasteiger partial charge in [-0.2, -0.15) is 0 Å². The van der Waals surface area contributed by atoms with Gasteiger partial charge in [-0.25, -0.2) is 0 Å². The van der Waals surface area contributed by atoms with Crippen molar-refractivity contribution in [1.29, 1.82) is 0 Å². The third kappa shape index (κ3) is 49.0. The maximum Gasteiger partial charge on any atom is 0.306 e. The Morgan fingerprint density at radius 2 is 0.619 bits per heavy atom. The van der Waals surface area contributed by atoms with Gasteiger partial charge in [0, 0.05) is 19.3 Å². The van der Waals surface area contributed by atoms with E-state index in [9.17, 15) is 14.4 Å². The second kappa shape index (κ2) is 50.7. The first-order chi connectivity index (χ1) is 31.0. The van der Waals surface area contributed by atoms with Crippen LogP contribution in [-0.4, -0.2) is 37.2 Å². The topological polar surface area (TPSA) is 78.9 Å². The fourth-order valence-electron chi connectivity index (χ4n) is 6.52. The van der Waals surface area contributed by atoms with Crippen LogP contribution in [0.15, 0.2) is 109 Å². The molecule has 0 aliphatic rings. The van der Waals surface area contributed by atoms with Crippen molar-refractivity contribution in [3.05, 3.63) is 109 Å². The molecule has 6 heteroatoms. The van der Waals surface area contributed by atoms with Crippen LogP contribution >= 0.6 is 0 Å². The summed E-state index contributed by atoms with van der Waals surface area (Å²) < 4.78 is 16.7. The quantitative estimate of drug-likeness (QED) is 0.0263. The maximum atomic E-state index is 12.7. The van der Waals surface area contributed by atoms with E-state index in [0.29, 0.717) is 19.3 Å². The predicted octanol–water partition coefficient (Wildman–Crippen LogP) is 16.8. The number of allylic oxidation sites excluding steroid dienone is 18. The Bertz CT molecular complexity index is 1330. The summed E-state index contributed by atoms with van der Waals surface area (Å²) in [7, 11) is 0. The monoisotopic (exact) mass is 873 g/mol. The number of hydrogen-bond acceptors (Lipinski definition) is 6.